The molecule has 0 N–H and O–H groups in total. The molecule has 4 aromatic rings. The zero-order chi connectivity index (χ0) is 30.6. The average Bonchev–Trinajstić information content (AvgIpc) is 3.80. The maximum atomic E-state index is 15.8. The fourth-order valence-corrected chi connectivity index (χ4v) is 6.36. The maximum absolute atomic E-state index is 15.8. The lowest BCUT2D eigenvalue weighted by Gasteiger charge is -2.36. The van der Waals surface area contributed by atoms with Gasteiger partial charge in [-0.3, -0.25) is 4.79 Å². The summed E-state index contributed by atoms with van der Waals surface area (Å²) in [4.78, 5) is 21.9. The molecule has 1 amide bonds. The van der Waals surface area contributed by atoms with E-state index in [1.165, 1.54) is 21.6 Å². The monoisotopic (exact) mass is 628 g/mol. The summed E-state index contributed by atoms with van der Waals surface area (Å²) in [5.41, 5.74) is 2.30. The van der Waals surface area contributed by atoms with Crippen molar-refractivity contribution in [1.82, 2.24) is 14.3 Å². The molecule has 230 valence electrons. The van der Waals surface area contributed by atoms with E-state index in [0.29, 0.717) is 41.3 Å². The number of benzene rings is 2. The van der Waals surface area contributed by atoms with Gasteiger partial charge in [0.05, 0.1) is 35.2 Å². The van der Waals surface area contributed by atoms with Crippen LogP contribution in [-0.2, 0) is 22.1 Å². The van der Waals surface area contributed by atoms with Gasteiger partial charge >= 0.3 is 6.18 Å². The van der Waals surface area contributed by atoms with Crippen molar-refractivity contribution in [2.24, 2.45) is 0 Å². The number of imidazole rings is 1. The topological polar surface area (TPSA) is 59.3 Å². The Balaban J connectivity index is 1.20. The van der Waals surface area contributed by atoms with Crippen LogP contribution in [-0.4, -0.2) is 59.6 Å². The summed E-state index contributed by atoms with van der Waals surface area (Å²) in [7, 11) is 0. The number of ether oxygens (including phenoxy) is 2. The summed E-state index contributed by atoms with van der Waals surface area (Å²) in [5, 5.41) is 0.350. The summed E-state index contributed by atoms with van der Waals surface area (Å²) >= 11 is 6.52. The predicted octanol–water partition coefficient (Wildman–Crippen LogP) is 6.41. The summed E-state index contributed by atoms with van der Waals surface area (Å²) < 4.78 is 69.0. The molecule has 0 spiro atoms. The lowest BCUT2D eigenvalue weighted by Crippen LogP contribution is -2.43. The third-order valence-electron chi connectivity index (χ3n) is 8.56. The van der Waals surface area contributed by atoms with Crippen molar-refractivity contribution in [2.45, 2.75) is 37.4 Å². The largest absolute Gasteiger partial charge is 0.482 e. The molecule has 2 fully saturated rings. The Morgan fingerprint density at radius 2 is 1.84 bits per heavy atom. The fraction of sp³-hybridized carbons (Fsp3) is 0.375. The van der Waals surface area contributed by atoms with Gasteiger partial charge in [0.15, 0.2) is 6.61 Å². The normalized spacial score (nSPS) is 18.9. The van der Waals surface area contributed by atoms with E-state index in [-0.39, 0.29) is 30.8 Å². The van der Waals surface area contributed by atoms with Crippen molar-refractivity contribution in [3.8, 4) is 5.75 Å². The van der Waals surface area contributed by atoms with E-state index >= 15 is 4.39 Å². The first-order valence-electron chi connectivity index (χ1n) is 14.6. The van der Waals surface area contributed by atoms with Gasteiger partial charge in [-0.1, -0.05) is 23.7 Å². The molecule has 2 aromatic heterocycles. The van der Waals surface area contributed by atoms with E-state index in [1.807, 2.05) is 12.1 Å². The van der Waals surface area contributed by atoms with Crippen LogP contribution in [0.15, 0.2) is 54.7 Å². The molecule has 1 unspecified atom stereocenters. The lowest BCUT2D eigenvalue weighted by atomic mass is 9.93. The Morgan fingerprint density at radius 3 is 2.55 bits per heavy atom. The van der Waals surface area contributed by atoms with E-state index in [1.54, 1.807) is 18.2 Å². The molecular weight excluding hydrogens is 600 g/mol. The summed E-state index contributed by atoms with van der Waals surface area (Å²) in [6.45, 7) is 2.56. The van der Waals surface area contributed by atoms with Gasteiger partial charge in [0.2, 0.25) is 0 Å². The molecule has 1 saturated heterocycles. The van der Waals surface area contributed by atoms with Crippen molar-refractivity contribution in [2.75, 3.05) is 44.4 Å². The van der Waals surface area contributed by atoms with Crippen LogP contribution in [0.1, 0.15) is 52.9 Å². The van der Waals surface area contributed by atoms with Crippen LogP contribution < -0.4 is 9.64 Å². The van der Waals surface area contributed by atoms with E-state index in [9.17, 15) is 18.0 Å². The number of pyridine rings is 1. The summed E-state index contributed by atoms with van der Waals surface area (Å²) in [6, 6.07) is 11.4. The molecule has 3 aliphatic rings. The number of morpholine rings is 1. The minimum Gasteiger partial charge on any atom is -0.482 e. The van der Waals surface area contributed by atoms with E-state index in [2.05, 4.69) is 9.88 Å². The van der Waals surface area contributed by atoms with Gasteiger partial charge in [0.1, 0.15) is 23.3 Å². The first kappa shape index (κ1) is 28.9. The smallest absolute Gasteiger partial charge is 0.416 e. The van der Waals surface area contributed by atoms with Crippen molar-refractivity contribution in [3.05, 3.63) is 93.6 Å². The first-order chi connectivity index (χ1) is 21.2. The van der Waals surface area contributed by atoms with E-state index in [0.717, 1.165) is 49.3 Å². The van der Waals surface area contributed by atoms with Crippen LogP contribution in [0.25, 0.3) is 5.65 Å². The van der Waals surface area contributed by atoms with Gasteiger partial charge < -0.3 is 23.7 Å². The molecule has 1 aliphatic carbocycles. The Labute approximate surface area is 255 Å². The number of hydrogen-bond acceptors (Lipinski definition) is 5. The minimum atomic E-state index is -4.54. The van der Waals surface area contributed by atoms with Crippen molar-refractivity contribution in [1.29, 1.82) is 0 Å². The predicted molar refractivity (Wildman–Crippen MR) is 156 cm³/mol. The lowest BCUT2D eigenvalue weighted by molar-refractivity contribution is -0.137. The van der Waals surface area contributed by atoms with Gasteiger partial charge in [-0.05, 0) is 60.7 Å². The average molecular weight is 629 g/mol. The van der Waals surface area contributed by atoms with Gasteiger partial charge in [0.25, 0.3) is 5.91 Å². The molecule has 0 bridgehead atoms. The summed E-state index contributed by atoms with van der Waals surface area (Å²) in [5.74, 6) is -0.237. The number of aromatic nitrogens is 2. The SMILES string of the molecule is O=C(COc1ccc(N2CCOCC2)cc1Cl)N1CCc2nc3cc(C(F)(F)F)ccn3c2C1c1ccc(C2CC2)cc1F. The Hall–Kier alpha value is -3.83. The Bertz CT molecular complexity index is 1730. The van der Waals surface area contributed by atoms with Gasteiger partial charge in [0, 0.05) is 43.5 Å². The minimum absolute atomic E-state index is 0.0857. The Kier molecular flexibility index (Phi) is 7.40. The quantitative estimate of drug-likeness (QED) is 0.231. The Morgan fingerprint density at radius 1 is 1.05 bits per heavy atom. The van der Waals surface area contributed by atoms with Gasteiger partial charge in [-0.25, -0.2) is 9.37 Å². The molecule has 2 aromatic carbocycles. The van der Waals surface area contributed by atoms with Crippen LogP contribution in [0.2, 0.25) is 5.02 Å². The number of rotatable bonds is 6. The van der Waals surface area contributed by atoms with Gasteiger partial charge in [-0.2, -0.15) is 13.2 Å². The van der Waals surface area contributed by atoms with E-state index in [4.69, 9.17) is 21.1 Å². The maximum Gasteiger partial charge on any atom is 0.416 e. The van der Waals surface area contributed by atoms with Crippen LogP contribution in [0.4, 0.5) is 23.2 Å². The first-order valence-corrected chi connectivity index (χ1v) is 15.0. The van der Waals surface area contributed by atoms with Crippen LogP contribution >= 0.6 is 11.6 Å². The highest BCUT2D eigenvalue weighted by Crippen LogP contribution is 2.43. The zero-order valence-corrected chi connectivity index (χ0v) is 24.4. The zero-order valence-electron chi connectivity index (χ0n) is 23.6. The second kappa shape index (κ2) is 11.3. The van der Waals surface area contributed by atoms with Crippen molar-refractivity contribution in [3.63, 3.8) is 0 Å². The third-order valence-corrected chi connectivity index (χ3v) is 8.85. The second-order valence-electron chi connectivity index (χ2n) is 11.4. The highest BCUT2D eigenvalue weighted by molar-refractivity contribution is 6.32. The molecule has 7 nitrogen and oxygen atoms in total. The van der Waals surface area contributed by atoms with Crippen LogP contribution in [0, 0.1) is 5.82 Å². The number of fused-ring (bicyclic) bond motifs is 3. The molecule has 12 heteroatoms. The fourth-order valence-electron chi connectivity index (χ4n) is 6.13. The molecule has 7 rings (SSSR count). The molecule has 0 radical (unpaired) electrons. The number of hydrogen-bond donors (Lipinski definition) is 0. The standard InChI is InChI=1S/C32H29ClF4N4O3/c33-24-17-22(39-11-13-43-14-12-39)4-6-27(24)44-18-29(42)41-10-8-26-31(40-9-7-21(32(35,36)37)16-28(40)38-26)30(41)23-5-3-20(15-25(23)34)19-1-2-19/h3-7,9,15-17,19,30H,1-2,8,10-14,18H2. The van der Waals surface area contributed by atoms with Crippen LogP contribution in [0.3, 0.4) is 0 Å². The number of anilines is 1. The van der Waals surface area contributed by atoms with Crippen molar-refractivity contribution < 1.29 is 31.8 Å². The highest BCUT2D eigenvalue weighted by atomic mass is 35.5. The van der Waals surface area contributed by atoms with Crippen LogP contribution in [0.5, 0.6) is 5.75 Å². The molecule has 1 atom stereocenters. The van der Waals surface area contributed by atoms with Gasteiger partial charge in [-0.15, -0.1) is 0 Å². The molecule has 1 saturated carbocycles. The number of alkyl halides is 3. The number of carbonyl (C=O) groups excluding carboxylic acids is 1. The highest BCUT2D eigenvalue weighted by Gasteiger charge is 2.39. The molecule has 44 heavy (non-hydrogen) atoms. The second-order valence-corrected chi connectivity index (χ2v) is 11.8. The third kappa shape index (κ3) is 5.47. The number of nitrogens with zero attached hydrogens (tertiary/aromatic N) is 4. The summed E-state index contributed by atoms with van der Waals surface area (Å²) in [6.07, 6.45) is -0.970. The molecular formula is C32H29ClF4N4O3. The van der Waals surface area contributed by atoms with Crippen molar-refractivity contribution >= 4 is 28.8 Å². The van der Waals surface area contributed by atoms with E-state index < -0.39 is 29.5 Å². The molecule has 2 aliphatic heterocycles. The number of carbonyl (C=O) groups is 1. The number of amides is 1. The molecule has 4 heterocycles. The number of halogens is 5.